The van der Waals surface area contributed by atoms with Gasteiger partial charge in [-0.2, -0.15) is 0 Å². The molecule has 12 heavy (non-hydrogen) atoms. The van der Waals surface area contributed by atoms with E-state index in [9.17, 15) is 18.0 Å². The van der Waals surface area contributed by atoms with Gasteiger partial charge in [0, 0.05) is 0 Å². The number of rotatable bonds is 2. The van der Waals surface area contributed by atoms with Crippen LogP contribution in [0.2, 0.25) is 0 Å². The maximum absolute atomic E-state index is 9.43. The topological polar surface area (TPSA) is 135 Å². The van der Waals surface area contributed by atoms with E-state index >= 15 is 0 Å². The number of nitrogens with two attached hydrogens (primary N) is 1. The molecule has 0 fully saturated rings. The molecule has 0 amide bonds. The number of carbonyl (C=O) groups is 2. The number of primary sulfonamides is 1. The molecule has 0 heterocycles. The van der Waals surface area contributed by atoms with Crippen LogP contribution in [-0.2, 0) is 19.6 Å². The number of hydrogen-bond donors (Lipinski definition) is 3. The normalized spacial score (nSPS) is 9.50. The van der Waals surface area contributed by atoms with Crippen molar-refractivity contribution in [1.82, 2.24) is 0 Å². The standard InChI is InChI=1S/C3H4O4.CH5NO2S/c4-2(5)1-3(6)7;1-5(2,3)4/h1H2,(H,4,5)(H,6,7);1H3,(H2,2,3,4). The molecule has 0 aliphatic carbocycles. The van der Waals surface area contributed by atoms with Gasteiger partial charge < -0.3 is 10.2 Å². The van der Waals surface area contributed by atoms with E-state index in [1.54, 1.807) is 0 Å². The zero-order chi connectivity index (χ0) is 10.4. The first kappa shape index (κ1) is 13.4. The van der Waals surface area contributed by atoms with E-state index in [0.717, 1.165) is 6.26 Å². The van der Waals surface area contributed by atoms with Gasteiger partial charge in [0.25, 0.3) is 0 Å². The van der Waals surface area contributed by atoms with Gasteiger partial charge in [-0.3, -0.25) is 9.59 Å². The Hall–Kier alpha value is -1.15. The van der Waals surface area contributed by atoms with Crippen molar-refractivity contribution < 1.29 is 28.2 Å². The lowest BCUT2D eigenvalue weighted by Gasteiger charge is -1.80. The summed E-state index contributed by atoms with van der Waals surface area (Å²) in [4.78, 5) is 18.9. The minimum Gasteiger partial charge on any atom is -0.481 e. The number of carboxylic acid groups (broad SMARTS) is 2. The van der Waals surface area contributed by atoms with Crippen LogP contribution in [0.25, 0.3) is 0 Å². The zero-order valence-electron chi connectivity index (χ0n) is 6.22. The van der Waals surface area contributed by atoms with Crippen molar-refractivity contribution >= 4 is 22.0 Å². The molecule has 7 nitrogen and oxygen atoms in total. The molecule has 0 radical (unpaired) electrons. The highest BCUT2D eigenvalue weighted by atomic mass is 32.2. The Bertz CT molecular complexity index is 235. The summed E-state index contributed by atoms with van der Waals surface area (Å²) in [5.74, 6) is -2.62. The van der Waals surface area contributed by atoms with Crippen LogP contribution in [0.4, 0.5) is 0 Å². The number of aliphatic carboxylic acids is 2. The van der Waals surface area contributed by atoms with Crippen molar-refractivity contribution in [2.45, 2.75) is 6.42 Å². The first-order chi connectivity index (χ1) is 5.13. The monoisotopic (exact) mass is 199 g/mol. The van der Waals surface area contributed by atoms with Crippen LogP contribution in [-0.4, -0.2) is 36.8 Å². The molecule has 0 aromatic carbocycles. The van der Waals surface area contributed by atoms with Crippen molar-refractivity contribution in [2.24, 2.45) is 5.14 Å². The van der Waals surface area contributed by atoms with Crippen LogP contribution in [0, 0.1) is 0 Å². The largest absolute Gasteiger partial charge is 0.481 e. The molecule has 0 aliphatic heterocycles. The third-order valence-electron chi connectivity index (χ3n) is 0.302. The van der Waals surface area contributed by atoms with Crippen molar-refractivity contribution in [3.05, 3.63) is 0 Å². The second-order valence-electron chi connectivity index (χ2n) is 1.79. The van der Waals surface area contributed by atoms with Crippen molar-refractivity contribution in [2.75, 3.05) is 6.26 Å². The van der Waals surface area contributed by atoms with Crippen LogP contribution < -0.4 is 5.14 Å². The van der Waals surface area contributed by atoms with E-state index in [1.165, 1.54) is 0 Å². The Morgan fingerprint density at radius 1 is 1.25 bits per heavy atom. The van der Waals surface area contributed by atoms with Gasteiger partial charge in [-0.05, 0) is 0 Å². The van der Waals surface area contributed by atoms with Gasteiger partial charge in [0.05, 0.1) is 6.26 Å². The molecule has 0 saturated carbocycles. The van der Waals surface area contributed by atoms with E-state index in [0.29, 0.717) is 0 Å². The summed E-state index contributed by atoms with van der Waals surface area (Å²) in [6, 6.07) is 0. The van der Waals surface area contributed by atoms with E-state index in [1.807, 2.05) is 0 Å². The van der Waals surface area contributed by atoms with Gasteiger partial charge >= 0.3 is 11.9 Å². The summed E-state index contributed by atoms with van der Waals surface area (Å²) >= 11 is 0. The summed E-state index contributed by atoms with van der Waals surface area (Å²) in [6.07, 6.45) is 0.132. The molecule has 0 atom stereocenters. The summed E-state index contributed by atoms with van der Waals surface area (Å²) in [6.45, 7) is 0. The van der Waals surface area contributed by atoms with Gasteiger partial charge in [-0.25, -0.2) is 13.6 Å². The van der Waals surface area contributed by atoms with Gasteiger partial charge in [0.2, 0.25) is 10.0 Å². The van der Waals surface area contributed by atoms with Gasteiger partial charge in [-0.1, -0.05) is 0 Å². The number of carboxylic acids is 2. The summed E-state index contributed by atoms with van der Waals surface area (Å²) in [5.41, 5.74) is 0. The zero-order valence-corrected chi connectivity index (χ0v) is 7.04. The third-order valence-corrected chi connectivity index (χ3v) is 0.302. The Morgan fingerprint density at radius 3 is 1.42 bits per heavy atom. The summed E-state index contributed by atoms with van der Waals surface area (Å²) in [5, 5.41) is 19.7. The molecule has 0 aromatic rings. The Labute approximate surface area is 68.9 Å². The lowest BCUT2D eigenvalue weighted by atomic mass is 10.5. The highest BCUT2D eigenvalue weighted by molar-refractivity contribution is 7.88. The average Bonchev–Trinajstić information content (AvgIpc) is 1.52. The molecule has 0 rings (SSSR count). The average molecular weight is 199 g/mol. The molecule has 8 heteroatoms. The Balaban J connectivity index is 0. The molecule has 0 aromatic heterocycles. The van der Waals surface area contributed by atoms with E-state index in [2.05, 4.69) is 5.14 Å². The van der Waals surface area contributed by atoms with E-state index < -0.39 is 28.4 Å². The minimum atomic E-state index is -3.17. The molecule has 72 valence electrons. The molecule has 0 bridgehead atoms. The maximum Gasteiger partial charge on any atom is 0.314 e. The SMILES string of the molecule is CS(N)(=O)=O.O=C(O)CC(=O)O. The third kappa shape index (κ3) is 67.1. The molecular formula is C4H9NO6S. The van der Waals surface area contributed by atoms with Crippen LogP contribution in [0.1, 0.15) is 6.42 Å². The van der Waals surface area contributed by atoms with E-state index in [4.69, 9.17) is 10.2 Å². The Morgan fingerprint density at radius 2 is 1.42 bits per heavy atom. The van der Waals surface area contributed by atoms with Crippen LogP contribution >= 0.6 is 0 Å². The van der Waals surface area contributed by atoms with Crippen molar-refractivity contribution in [1.29, 1.82) is 0 Å². The second kappa shape index (κ2) is 5.49. The fourth-order valence-electron chi connectivity index (χ4n) is 0.129. The smallest absolute Gasteiger partial charge is 0.314 e. The molecule has 0 unspecified atom stereocenters. The predicted octanol–water partition coefficient (Wildman–Crippen LogP) is -1.55. The van der Waals surface area contributed by atoms with Crippen molar-refractivity contribution in [3.8, 4) is 0 Å². The van der Waals surface area contributed by atoms with Gasteiger partial charge in [0.1, 0.15) is 6.42 Å². The fraction of sp³-hybridized carbons (Fsp3) is 0.500. The lowest BCUT2D eigenvalue weighted by Crippen LogP contribution is -2.07. The number of hydrogen-bond acceptors (Lipinski definition) is 4. The second-order valence-corrected chi connectivity index (χ2v) is 3.45. The van der Waals surface area contributed by atoms with Crippen molar-refractivity contribution in [3.63, 3.8) is 0 Å². The van der Waals surface area contributed by atoms with Gasteiger partial charge in [-0.15, -0.1) is 0 Å². The molecule has 0 saturated heterocycles. The summed E-state index contributed by atoms with van der Waals surface area (Å²) in [7, 11) is -3.17. The fourth-order valence-corrected chi connectivity index (χ4v) is 0.129. The van der Waals surface area contributed by atoms with E-state index in [-0.39, 0.29) is 0 Å². The highest BCUT2D eigenvalue weighted by Crippen LogP contribution is 1.74. The maximum atomic E-state index is 9.43. The van der Waals surface area contributed by atoms with Crippen LogP contribution in [0.15, 0.2) is 0 Å². The number of sulfonamides is 1. The molecule has 4 N–H and O–H groups in total. The first-order valence-corrected chi connectivity index (χ1v) is 4.49. The highest BCUT2D eigenvalue weighted by Gasteiger charge is 2.01. The van der Waals surface area contributed by atoms with Gasteiger partial charge in [0.15, 0.2) is 0 Å². The first-order valence-electron chi connectivity index (χ1n) is 2.54. The quantitative estimate of drug-likeness (QED) is 0.461. The van der Waals surface area contributed by atoms with Crippen LogP contribution in [0.3, 0.4) is 0 Å². The summed E-state index contributed by atoms with van der Waals surface area (Å²) < 4.78 is 18.8. The minimum absolute atomic E-state index is 0.806. The molecular weight excluding hydrogens is 190 g/mol. The molecule has 0 spiro atoms. The predicted molar refractivity (Wildman–Crippen MR) is 38.9 cm³/mol. The lowest BCUT2D eigenvalue weighted by molar-refractivity contribution is -0.147. The molecule has 0 aliphatic rings. The Kier molecular flexibility index (Phi) is 6.15. The van der Waals surface area contributed by atoms with Crippen LogP contribution in [0.5, 0.6) is 0 Å².